The number of anilines is 1. The number of hydrogen-bond donors (Lipinski definition) is 3. The van der Waals surface area contributed by atoms with Crippen molar-refractivity contribution in [3.05, 3.63) is 53.7 Å². The van der Waals surface area contributed by atoms with E-state index < -0.39 is 0 Å². The van der Waals surface area contributed by atoms with E-state index in [4.69, 9.17) is 22.1 Å². The summed E-state index contributed by atoms with van der Waals surface area (Å²) in [6.45, 7) is 2.59. The van der Waals surface area contributed by atoms with Gasteiger partial charge < -0.3 is 20.9 Å². The molecule has 0 bridgehead atoms. The zero-order valence-corrected chi connectivity index (χ0v) is 16.6. The van der Waals surface area contributed by atoms with E-state index in [0.717, 1.165) is 23.3 Å². The Balaban J connectivity index is 2.07. The van der Waals surface area contributed by atoms with Gasteiger partial charge in [0.1, 0.15) is 17.3 Å². The summed E-state index contributed by atoms with van der Waals surface area (Å²) in [6.07, 6.45) is 2.56. The fourth-order valence-electron chi connectivity index (χ4n) is 2.71. The lowest BCUT2D eigenvalue weighted by atomic mass is 10.1. The lowest BCUT2D eigenvalue weighted by Gasteiger charge is -2.16. The van der Waals surface area contributed by atoms with E-state index in [9.17, 15) is 5.11 Å². The summed E-state index contributed by atoms with van der Waals surface area (Å²) in [5.41, 5.74) is 8.25. The van der Waals surface area contributed by atoms with E-state index in [-0.39, 0.29) is 11.8 Å². The summed E-state index contributed by atoms with van der Waals surface area (Å²) in [5.74, 6) is 1.81. The van der Waals surface area contributed by atoms with Crippen molar-refractivity contribution in [1.82, 2.24) is 9.97 Å². The normalized spacial score (nSPS) is 11.9. The number of methoxy groups -OCH3 is 1. The van der Waals surface area contributed by atoms with Crippen LogP contribution < -0.4 is 15.8 Å². The minimum atomic E-state index is -0.00357. The van der Waals surface area contributed by atoms with Gasteiger partial charge in [-0.2, -0.15) is 0 Å². The number of nitrogens with zero attached hydrogens (tertiary/aromatic N) is 2. The smallest absolute Gasteiger partial charge is 0.165 e. The predicted molar refractivity (Wildman–Crippen MR) is 113 cm³/mol. The Kier molecular flexibility index (Phi) is 6.34. The fraction of sp³-hybridized carbons (Fsp3) is 0.238. The minimum absolute atomic E-state index is 0.00357. The quantitative estimate of drug-likeness (QED) is 0.548. The molecule has 3 rings (SSSR count). The van der Waals surface area contributed by atoms with E-state index in [1.165, 1.54) is 6.07 Å². The molecule has 146 valence electrons. The van der Waals surface area contributed by atoms with Crippen molar-refractivity contribution in [1.29, 1.82) is 0 Å². The van der Waals surface area contributed by atoms with Crippen molar-refractivity contribution in [2.75, 3.05) is 19.0 Å². The Labute approximate surface area is 169 Å². The third-order valence-electron chi connectivity index (χ3n) is 4.43. The third kappa shape index (κ3) is 4.52. The van der Waals surface area contributed by atoms with Crippen LogP contribution >= 0.6 is 11.6 Å². The van der Waals surface area contributed by atoms with Gasteiger partial charge in [0, 0.05) is 29.4 Å². The van der Waals surface area contributed by atoms with Crippen LogP contribution in [0.2, 0.25) is 5.02 Å². The molecule has 28 heavy (non-hydrogen) atoms. The second-order valence-electron chi connectivity index (χ2n) is 6.40. The Hall–Kier alpha value is -2.83. The van der Waals surface area contributed by atoms with Gasteiger partial charge in [0.05, 0.1) is 12.7 Å². The van der Waals surface area contributed by atoms with E-state index in [1.807, 2.05) is 31.2 Å². The first-order valence-corrected chi connectivity index (χ1v) is 9.39. The van der Waals surface area contributed by atoms with Gasteiger partial charge in [-0.25, -0.2) is 9.97 Å². The number of phenols is 1. The van der Waals surface area contributed by atoms with Crippen LogP contribution in [0.3, 0.4) is 0 Å². The van der Waals surface area contributed by atoms with Crippen molar-refractivity contribution in [3.8, 4) is 34.0 Å². The van der Waals surface area contributed by atoms with Crippen LogP contribution in [0.4, 0.5) is 5.82 Å². The zero-order valence-electron chi connectivity index (χ0n) is 15.8. The molecule has 1 heterocycles. The number of hydrogen-bond acceptors (Lipinski definition) is 6. The number of aromatic hydroxyl groups is 1. The van der Waals surface area contributed by atoms with E-state index in [0.29, 0.717) is 28.8 Å². The zero-order chi connectivity index (χ0) is 20.1. The summed E-state index contributed by atoms with van der Waals surface area (Å²) in [5, 5.41) is 14.0. The second kappa shape index (κ2) is 8.91. The molecule has 7 heteroatoms. The maximum Gasteiger partial charge on any atom is 0.165 e. The first kappa shape index (κ1) is 19.9. The Morgan fingerprint density at radius 2 is 2.04 bits per heavy atom. The maximum atomic E-state index is 10.2. The molecule has 0 spiro atoms. The molecule has 1 aromatic heterocycles. The van der Waals surface area contributed by atoms with Gasteiger partial charge in [0.25, 0.3) is 0 Å². The predicted octanol–water partition coefficient (Wildman–Crippen LogP) is 4.33. The lowest BCUT2D eigenvalue weighted by Crippen LogP contribution is -2.28. The number of benzene rings is 2. The van der Waals surface area contributed by atoms with Crippen LogP contribution in [-0.2, 0) is 0 Å². The van der Waals surface area contributed by atoms with Gasteiger partial charge in [-0.15, -0.1) is 0 Å². The molecule has 0 radical (unpaired) electrons. The van der Waals surface area contributed by atoms with Gasteiger partial charge in [0.15, 0.2) is 5.82 Å². The monoisotopic (exact) mass is 398 g/mol. The average Bonchev–Trinajstić information content (AvgIpc) is 2.73. The van der Waals surface area contributed by atoms with Crippen molar-refractivity contribution in [2.24, 2.45) is 5.73 Å². The molecule has 6 nitrogen and oxygen atoms in total. The highest BCUT2D eigenvalue weighted by atomic mass is 35.5. The Morgan fingerprint density at radius 1 is 1.21 bits per heavy atom. The van der Waals surface area contributed by atoms with Crippen LogP contribution in [0, 0.1) is 0 Å². The number of ether oxygens (including phenoxy) is 1. The maximum absolute atomic E-state index is 10.2. The van der Waals surface area contributed by atoms with Gasteiger partial charge in [0.2, 0.25) is 0 Å². The minimum Gasteiger partial charge on any atom is -0.507 e. The molecule has 0 saturated carbocycles. The number of rotatable bonds is 7. The highest BCUT2D eigenvalue weighted by Crippen LogP contribution is 2.33. The van der Waals surface area contributed by atoms with Gasteiger partial charge >= 0.3 is 0 Å². The third-order valence-corrected chi connectivity index (χ3v) is 4.66. The lowest BCUT2D eigenvalue weighted by molar-refractivity contribution is 0.415. The van der Waals surface area contributed by atoms with Gasteiger partial charge in [-0.1, -0.05) is 30.7 Å². The molecule has 0 aliphatic heterocycles. The Bertz CT molecular complexity index is 965. The topological polar surface area (TPSA) is 93.3 Å². The number of halogens is 1. The molecule has 0 aliphatic carbocycles. The molecule has 2 aromatic carbocycles. The molecule has 1 atom stereocenters. The van der Waals surface area contributed by atoms with E-state index in [1.54, 1.807) is 25.4 Å². The summed E-state index contributed by atoms with van der Waals surface area (Å²) >= 11 is 6.08. The van der Waals surface area contributed by atoms with E-state index >= 15 is 0 Å². The summed E-state index contributed by atoms with van der Waals surface area (Å²) in [6, 6.07) is 12.4. The second-order valence-corrected chi connectivity index (χ2v) is 6.83. The summed E-state index contributed by atoms with van der Waals surface area (Å²) < 4.78 is 5.32. The number of nitrogens with two attached hydrogens (primary N) is 1. The van der Waals surface area contributed by atoms with Gasteiger partial charge in [-0.05, 0) is 42.3 Å². The molecule has 4 N–H and O–H groups in total. The van der Waals surface area contributed by atoms with Crippen molar-refractivity contribution < 1.29 is 9.84 Å². The first-order chi connectivity index (χ1) is 13.5. The molecule has 0 fully saturated rings. The van der Waals surface area contributed by atoms with Crippen molar-refractivity contribution in [3.63, 3.8) is 0 Å². The highest BCUT2D eigenvalue weighted by molar-refractivity contribution is 6.30. The molecule has 3 aromatic rings. The standard InChI is InChI=1S/C21H23ClN4O2/c1-3-15(23)11-24-21-18(13-5-4-6-16(9-13)28-2)12-25-20(26-21)17-10-14(22)7-8-19(17)27/h4-10,12,15,27H,3,11,23H2,1-2H3,(H,24,25,26)/t15-/m0/s1. The van der Waals surface area contributed by atoms with Crippen LogP contribution in [0.1, 0.15) is 13.3 Å². The van der Waals surface area contributed by atoms with Crippen LogP contribution in [0.15, 0.2) is 48.7 Å². The van der Waals surface area contributed by atoms with Crippen molar-refractivity contribution >= 4 is 17.4 Å². The number of aromatic nitrogens is 2. The molecular formula is C21H23ClN4O2. The molecule has 0 saturated heterocycles. The molecular weight excluding hydrogens is 376 g/mol. The molecule has 0 aliphatic rings. The van der Waals surface area contributed by atoms with Crippen LogP contribution in [-0.4, -0.2) is 34.8 Å². The van der Waals surface area contributed by atoms with Crippen LogP contribution in [0.25, 0.3) is 22.5 Å². The fourth-order valence-corrected chi connectivity index (χ4v) is 2.88. The first-order valence-electron chi connectivity index (χ1n) is 9.01. The largest absolute Gasteiger partial charge is 0.507 e. The molecule has 0 amide bonds. The summed E-state index contributed by atoms with van der Waals surface area (Å²) in [7, 11) is 1.63. The average molecular weight is 399 g/mol. The SMILES string of the molecule is CC[C@H](N)CNc1nc(-c2cc(Cl)ccc2O)ncc1-c1cccc(OC)c1. The summed E-state index contributed by atoms with van der Waals surface area (Å²) in [4.78, 5) is 9.09. The number of nitrogens with one attached hydrogen (secondary N) is 1. The van der Waals surface area contributed by atoms with Crippen molar-refractivity contribution in [2.45, 2.75) is 19.4 Å². The molecule has 0 unspecified atom stereocenters. The number of phenolic OH excluding ortho intramolecular Hbond substituents is 1. The Morgan fingerprint density at radius 3 is 2.79 bits per heavy atom. The highest BCUT2D eigenvalue weighted by Gasteiger charge is 2.15. The van der Waals surface area contributed by atoms with Crippen LogP contribution in [0.5, 0.6) is 11.5 Å². The van der Waals surface area contributed by atoms with Gasteiger partial charge in [-0.3, -0.25) is 0 Å². The van der Waals surface area contributed by atoms with E-state index in [2.05, 4.69) is 15.3 Å².